The number of benzene rings is 1. The van der Waals surface area contributed by atoms with Crippen LogP contribution in [0.25, 0.3) is 0 Å². The van der Waals surface area contributed by atoms with Crippen LogP contribution in [-0.4, -0.2) is 23.0 Å². The van der Waals surface area contributed by atoms with Gasteiger partial charge in [0.05, 0.1) is 19.3 Å². The lowest BCUT2D eigenvalue weighted by atomic mass is 10.1. The van der Waals surface area contributed by atoms with Gasteiger partial charge in [-0.25, -0.2) is 8.78 Å². The van der Waals surface area contributed by atoms with Gasteiger partial charge < -0.3 is 4.74 Å². The molecule has 1 saturated carbocycles. The fourth-order valence-electron chi connectivity index (χ4n) is 2.13. The standard InChI is InChI=1S/C14H16F2O3S/c1-19-13(17)7-14(4-5-14)9-20(18)8-10-2-3-11(15)6-12(10)16/h2-3,6H,4-5,7-9H2,1H3. The van der Waals surface area contributed by atoms with Crippen LogP contribution in [0.15, 0.2) is 18.2 Å². The smallest absolute Gasteiger partial charge is 0.306 e. The van der Waals surface area contributed by atoms with Gasteiger partial charge in [-0.15, -0.1) is 0 Å². The molecular formula is C14H16F2O3S. The summed E-state index contributed by atoms with van der Waals surface area (Å²) >= 11 is 0. The minimum absolute atomic E-state index is 0.0367. The van der Waals surface area contributed by atoms with Crippen molar-refractivity contribution in [2.75, 3.05) is 12.9 Å². The van der Waals surface area contributed by atoms with Crippen LogP contribution in [0.4, 0.5) is 8.78 Å². The largest absolute Gasteiger partial charge is 0.469 e. The van der Waals surface area contributed by atoms with Crippen molar-refractivity contribution in [1.82, 2.24) is 0 Å². The summed E-state index contributed by atoms with van der Waals surface area (Å²) in [5.41, 5.74) is -0.0207. The van der Waals surface area contributed by atoms with Crippen molar-refractivity contribution in [3.05, 3.63) is 35.4 Å². The number of ether oxygens (including phenoxy) is 1. The highest BCUT2D eigenvalue weighted by atomic mass is 32.2. The molecule has 0 radical (unpaired) electrons. The molecule has 1 aromatic carbocycles. The SMILES string of the molecule is COC(=O)CC1(CS(=O)Cc2ccc(F)cc2F)CC1. The number of halogens is 2. The van der Waals surface area contributed by atoms with Crippen molar-refractivity contribution in [2.24, 2.45) is 5.41 Å². The van der Waals surface area contributed by atoms with Crippen LogP contribution in [-0.2, 0) is 26.1 Å². The van der Waals surface area contributed by atoms with E-state index in [-0.39, 0.29) is 29.1 Å². The van der Waals surface area contributed by atoms with Gasteiger partial charge in [-0.05, 0) is 24.3 Å². The molecule has 1 aliphatic rings. The molecule has 3 nitrogen and oxygen atoms in total. The predicted molar refractivity (Wildman–Crippen MR) is 71.4 cm³/mol. The summed E-state index contributed by atoms with van der Waals surface area (Å²) in [5.74, 6) is -1.27. The summed E-state index contributed by atoms with van der Waals surface area (Å²) in [6, 6.07) is 3.24. The van der Waals surface area contributed by atoms with Gasteiger partial charge in [-0.2, -0.15) is 0 Å². The maximum absolute atomic E-state index is 13.5. The first kappa shape index (κ1) is 15.1. The van der Waals surface area contributed by atoms with Gasteiger partial charge >= 0.3 is 5.97 Å². The molecule has 1 aliphatic carbocycles. The van der Waals surface area contributed by atoms with E-state index in [9.17, 15) is 17.8 Å². The lowest BCUT2D eigenvalue weighted by Crippen LogP contribution is -2.18. The highest BCUT2D eigenvalue weighted by Gasteiger charge is 2.45. The van der Waals surface area contributed by atoms with E-state index >= 15 is 0 Å². The van der Waals surface area contributed by atoms with E-state index in [1.807, 2.05) is 0 Å². The summed E-state index contributed by atoms with van der Waals surface area (Å²) in [7, 11) is 0.0392. The van der Waals surface area contributed by atoms with E-state index in [4.69, 9.17) is 0 Å². The Morgan fingerprint density at radius 2 is 2.10 bits per heavy atom. The van der Waals surface area contributed by atoms with Gasteiger partial charge in [0.2, 0.25) is 0 Å². The van der Waals surface area contributed by atoms with E-state index in [1.54, 1.807) is 0 Å². The minimum atomic E-state index is -1.28. The van der Waals surface area contributed by atoms with Crippen LogP contribution in [0, 0.1) is 17.0 Å². The monoisotopic (exact) mass is 302 g/mol. The Morgan fingerprint density at radius 1 is 1.40 bits per heavy atom. The van der Waals surface area contributed by atoms with Crippen molar-refractivity contribution in [1.29, 1.82) is 0 Å². The number of carbonyl (C=O) groups is 1. The second kappa shape index (κ2) is 5.99. The number of methoxy groups -OCH3 is 1. The van der Waals surface area contributed by atoms with Crippen molar-refractivity contribution in [2.45, 2.75) is 25.0 Å². The highest BCUT2D eigenvalue weighted by Crippen LogP contribution is 2.49. The molecule has 0 N–H and O–H groups in total. The van der Waals surface area contributed by atoms with E-state index in [1.165, 1.54) is 13.2 Å². The van der Waals surface area contributed by atoms with Crippen LogP contribution in [0.3, 0.4) is 0 Å². The van der Waals surface area contributed by atoms with Crippen LogP contribution < -0.4 is 0 Å². The Morgan fingerprint density at radius 3 is 2.65 bits per heavy atom. The summed E-state index contributed by atoms with van der Waals surface area (Å²) in [5, 5.41) is 0. The molecule has 0 saturated heterocycles. The first-order chi connectivity index (χ1) is 9.44. The number of hydrogen-bond acceptors (Lipinski definition) is 3. The molecule has 0 spiro atoms. The zero-order chi connectivity index (χ0) is 14.8. The van der Waals surface area contributed by atoms with Crippen molar-refractivity contribution >= 4 is 16.8 Å². The van der Waals surface area contributed by atoms with Crippen molar-refractivity contribution in [3.63, 3.8) is 0 Å². The fourth-order valence-corrected chi connectivity index (χ4v) is 3.89. The van der Waals surface area contributed by atoms with Gasteiger partial charge in [-0.1, -0.05) is 6.07 Å². The van der Waals surface area contributed by atoms with Gasteiger partial charge in [0.25, 0.3) is 0 Å². The van der Waals surface area contributed by atoms with E-state index in [0.29, 0.717) is 5.75 Å². The fraction of sp³-hybridized carbons (Fsp3) is 0.500. The third-order valence-electron chi connectivity index (χ3n) is 3.50. The third-order valence-corrected chi connectivity index (χ3v) is 5.07. The maximum Gasteiger partial charge on any atom is 0.306 e. The highest BCUT2D eigenvalue weighted by molar-refractivity contribution is 7.84. The van der Waals surface area contributed by atoms with Crippen LogP contribution in [0.5, 0.6) is 0 Å². The average molecular weight is 302 g/mol. The van der Waals surface area contributed by atoms with Gasteiger partial charge in [-0.3, -0.25) is 9.00 Å². The van der Waals surface area contributed by atoms with Gasteiger partial charge in [0.1, 0.15) is 11.6 Å². The topological polar surface area (TPSA) is 43.4 Å². The zero-order valence-electron chi connectivity index (χ0n) is 11.2. The summed E-state index contributed by atoms with van der Waals surface area (Å²) in [6.07, 6.45) is 1.92. The molecule has 1 fully saturated rings. The lowest BCUT2D eigenvalue weighted by Gasteiger charge is -2.13. The van der Waals surface area contributed by atoms with E-state index in [0.717, 1.165) is 25.0 Å². The minimum Gasteiger partial charge on any atom is -0.469 e. The normalized spacial score (nSPS) is 17.6. The number of rotatable bonds is 6. The Bertz CT molecular complexity index is 541. The molecular weight excluding hydrogens is 286 g/mol. The zero-order valence-corrected chi connectivity index (χ0v) is 12.0. The predicted octanol–water partition coefficient (Wildman–Crippen LogP) is 2.56. The summed E-state index contributed by atoms with van der Waals surface area (Å²) in [6.45, 7) is 0. The Hall–Kier alpha value is -1.30. The van der Waals surface area contributed by atoms with E-state index < -0.39 is 22.4 Å². The van der Waals surface area contributed by atoms with Crippen molar-refractivity contribution in [3.8, 4) is 0 Å². The lowest BCUT2D eigenvalue weighted by molar-refractivity contribution is -0.141. The second-order valence-corrected chi connectivity index (χ2v) is 6.67. The van der Waals surface area contributed by atoms with E-state index in [2.05, 4.69) is 4.74 Å². The molecule has 1 aromatic rings. The number of hydrogen-bond donors (Lipinski definition) is 0. The molecule has 110 valence electrons. The van der Waals surface area contributed by atoms with Crippen LogP contribution in [0.2, 0.25) is 0 Å². The van der Waals surface area contributed by atoms with Gasteiger partial charge in [0.15, 0.2) is 0 Å². The molecule has 0 amide bonds. The summed E-state index contributed by atoms with van der Waals surface area (Å²) < 4.78 is 42.9. The molecule has 6 heteroatoms. The first-order valence-electron chi connectivity index (χ1n) is 6.30. The molecule has 20 heavy (non-hydrogen) atoms. The second-order valence-electron chi connectivity index (χ2n) is 5.22. The first-order valence-corrected chi connectivity index (χ1v) is 7.79. The van der Waals surface area contributed by atoms with Gasteiger partial charge in [0, 0.05) is 28.2 Å². The van der Waals surface area contributed by atoms with Crippen LogP contribution in [0.1, 0.15) is 24.8 Å². The molecule has 0 aromatic heterocycles. The molecule has 1 atom stereocenters. The maximum atomic E-state index is 13.5. The quantitative estimate of drug-likeness (QED) is 0.759. The number of esters is 1. The third kappa shape index (κ3) is 3.85. The Kier molecular flexibility index (Phi) is 4.52. The van der Waals surface area contributed by atoms with Crippen molar-refractivity contribution < 1.29 is 22.5 Å². The summed E-state index contributed by atoms with van der Waals surface area (Å²) in [4.78, 5) is 11.3. The molecule has 0 aliphatic heterocycles. The molecule has 0 bridgehead atoms. The number of carbonyl (C=O) groups excluding carboxylic acids is 1. The Labute approximate surface area is 118 Å². The molecule has 0 heterocycles. The average Bonchev–Trinajstić information content (AvgIpc) is 3.12. The molecule has 1 unspecified atom stereocenters. The van der Waals surface area contributed by atoms with Crippen LogP contribution >= 0.6 is 0 Å². The Balaban J connectivity index is 1.94. The molecule has 2 rings (SSSR count).